The molecule has 0 unspecified atom stereocenters. The highest BCUT2D eigenvalue weighted by Crippen LogP contribution is 2.35. The van der Waals surface area contributed by atoms with Gasteiger partial charge in [0.25, 0.3) is 0 Å². The van der Waals surface area contributed by atoms with Gasteiger partial charge in [-0.15, -0.1) is 23.1 Å². The van der Waals surface area contributed by atoms with Crippen molar-refractivity contribution in [2.75, 3.05) is 5.75 Å². The molecule has 192 valence electrons. The number of hydrogen-bond donors (Lipinski definition) is 3. The number of amides is 1. The highest BCUT2D eigenvalue weighted by Gasteiger charge is 2.45. The topological polar surface area (TPSA) is 144 Å². The summed E-state index contributed by atoms with van der Waals surface area (Å²) >= 11 is 2.87. The maximum absolute atomic E-state index is 13.8. The van der Waals surface area contributed by atoms with Crippen LogP contribution in [-0.2, 0) is 32.1 Å². The number of benzene rings is 1. The Balaban J connectivity index is 1.88. The smallest absolute Gasteiger partial charge is 0.329 e. The molecule has 0 saturated carbocycles. The normalized spacial score (nSPS) is 18.8. The lowest BCUT2D eigenvalue weighted by Gasteiger charge is -2.29. The van der Waals surface area contributed by atoms with E-state index in [0.717, 1.165) is 10.6 Å². The SMILES string of the molecule is C=C[C@H](CC(=O)O)OC(=O)[C@@H](NC(=O)[C@]1(Cc2ccccc2)CSC(c2csc(CN)n2)=N1)C(C)C. The predicted molar refractivity (Wildman–Crippen MR) is 141 cm³/mol. The summed E-state index contributed by atoms with van der Waals surface area (Å²) in [7, 11) is 0. The number of rotatable bonds is 12. The van der Waals surface area contributed by atoms with Gasteiger partial charge in [-0.2, -0.15) is 0 Å². The lowest BCUT2D eigenvalue weighted by Crippen LogP contribution is -2.55. The van der Waals surface area contributed by atoms with Crippen LogP contribution in [0.25, 0.3) is 0 Å². The summed E-state index contributed by atoms with van der Waals surface area (Å²) in [5.74, 6) is -2.20. The predicted octanol–water partition coefficient (Wildman–Crippen LogP) is 2.79. The second-order valence-electron chi connectivity index (χ2n) is 8.73. The Morgan fingerprint density at radius 3 is 2.61 bits per heavy atom. The number of carboxylic acids is 1. The first kappa shape index (κ1) is 27.6. The van der Waals surface area contributed by atoms with Crippen molar-refractivity contribution in [2.45, 2.75) is 50.9 Å². The monoisotopic (exact) mass is 530 g/mol. The van der Waals surface area contributed by atoms with Gasteiger partial charge in [0.05, 0.1) is 6.42 Å². The van der Waals surface area contributed by atoms with E-state index < -0.39 is 42.0 Å². The molecule has 9 nitrogen and oxygen atoms in total. The van der Waals surface area contributed by atoms with Gasteiger partial charge in [-0.3, -0.25) is 14.6 Å². The first-order chi connectivity index (χ1) is 17.2. The Morgan fingerprint density at radius 2 is 2.03 bits per heavy atom. The van der Waals surface area contributed by atoms with Crippen LogP contribution < -0.4 is 11.1 Å². The van der Waals surface area contributed by atoms with E-state index in [0.29, 0.717) is 29.5 Å². The van der Waals surface area contributed by atoms with Gasteiger partial charge in [-0.05, 0) is 11.5 Å². The van der Waals surface area contributed by atoms with E-state index in [9.17, 15) is 14.4 Å². The van der Waals surface area contributed by atoms with Crippen molar-refractivity contribution in [1.29, 1.82) is 0 Å². The molecule has 1 aliphatic rings. The van der Waals surface area contributed by atoms with Crippen molar-refractivity contribution in [3.63, 3.8) is 0 Å². The fourth-order valence-corrected chi connectivity index (χ4v) is 5.54. The number of carbonyl (C=O) groups is 3. The lowest BCUT2D eigenvalue weighted by molar-refractivity contribution is -0.155. The first-order valence-electron chi connectivity index (χ1n) is 11.4. The molecule has 0 aliphatic carbocycles. The number of hydrogen-bond acceptors (Lipinski definition) is 9. The standard InChI is InChI=1S/C25H30N4O5S2/c1-4-17(10-20(30)31)34-23(32)21(15(2)3)28-24(33)25(11-16-8-6-5-7-9-16)14-36-22(29-25)18-13-35-19(12-26)27-18/h4-9,13,15,17,21H,1,10-12,14,26H2,2-3H3,(H,28,33)(H,30,31)/t17-,21+,25+/m1/s1. The van der Waals surface area contributed by atoms with Crippen molar-refractivity contribution in [2.24, 2.45) is 16.6 Å². The van der Waals surface area contributed by atoms with Crippen molar-refractivity contribution in [3.05, 3.63) is 64.6 Å². The molecular formula is C25H30N4O5S2. The van der Waals surface area contributed by atoms with Crippen molar-refractivity contribution in [1.82, 2.24) is 10.3 Å². The summed E-state index contributed by atoms with van der Waals surface area (Å²) < 4.78 is 5.34. The Bertz CT molecular complexity index is 1130. The molecule has 1 aliphatic heterocycles. The summed E-state index contributed by atoms with van der Waals surface area (Å²) in [6, 6.07) is 8.56. The molecule has 1 amide bonds. The van der Waals surface area contributed by atoms with Crippen LogP contribution in [0.4, 0.5) is 0 Å². The number of nitrogens with one attached hydrogen (secondary N) is 1. The minimum atomic E-state index is -1.17. The Morgan fingerprint density at radius 1 is 1.31 bits per heavy atom. The fourth-order valence-electron chi connectivity index (χ4n) is 3.64. The zero-order valence-electron chi connectivity index (χ0n) is 20.2. The number of carbonyl (C=O) groups excluding carboxylic acids is 2. The van der Waals surface area contributed by atoms with Gasteiger partial charge in [0.1, 0.15) is 27.9 Å². The van der Waals surface area contributed by atoms with Gasteiger partial charge < -0.3 is 20.9 Å². The number of aliphatic carboxylic acids is 1. The molecule has 1 aromatic carbocycles. The van der Waals surface area contributed by atoms with E-state index in [2.05, 4.69) is 16.9 Å². The molecule has 0 saturated heterocycles. The molecule has 4 N–H and O–H groups in total. The molecule has 0 radical (unpaired) electrons. The van der Waals surface area contributed by atoms with Crippen molar-refractivity contribution < 1.29 is 24.2 Å². The molecular weight excluding hydrogens is 500 g/mol. The van der Waals surface area contributed by atoms with Crippen molar-refractivity contribution in [3.8, 4) is 0 Å². The third-order valence-corrected chi connectivity index (χ3v) is 7.65. The Kier molecular flexibility index (Phi) is 9.41. The van der Waals surface area contributed by atoms with E-state index in [1.807, 2.05) is 35.7 Å². The summed E-state index contributed by atoms with van der Waals surface area (Å²) in [5, 5.41) is 15.2. The highest BCUT2D eigenvalue weighted by molar-refractivity contribution is 8.14. The number of thioether (sulfide) groups is 1. The highest BCUT2D eigenvalue weighted by atomic mass is 32.2. The van der Waals surface area contributed by atoms with Crippen LogP contribution >= 0.6 is 23.1 Å². The van der Waals surface area contributed by atoms with Crippen LogP contribution in [0.15, 0.2) is 53.4 Å². The second-order valence-corrected chi connectivity index (χ2v) is 10.6. The van der Waals surface area contributed by atoms with Gasteiger partial charge in [0.2, 0.25) is 5.91 Å². The molecule has 2 aromatic rings. The molecule has 36 heavy (non-hydrogen) atoms. The van der Waals surface area contributed by atoms with Crippen molar-refractivity contribution >= 4 is 46.0 Å². The number of nitrogens with two attached hydrogens (primary N) is 1. The quantitative estimate of drug-likeness (QED) is 0.281. The fraction of sp³-hybridized carbons (Fsp3) is 0.400. The van der Waals surface area contributed by atoms with E-state index >= 15 is 0 Å². The van der Waals surface area contributed by atoms with E-state index in [-0.39, 0.29) is 5.92 Å². The molecule has 2 heterocycles. The molecule has 0 spiro atoms. The first-order valence-corrected chi connectivity index (χ1v) is 13.3. The maximum atomic E-state index is 13.8. The number of thiazole rings is 1. The number of nitrogens with zero attached hydrogens (tertiary/aromatic N) is 2. The van der Waals surface area contributed by atoms with Crippen LogP contribution in [0.2, 0.25) is 0 Å². The average molecular weight is 531 g/mol. The summed E-state index contributed by atoms with van der Waals surface area (Å²) in [4.78, 5) is 47.1. The summed E-state index contributed by atoms with van der Waals surface area (Å²) in [6.07, 6.45) is 0.183. The minimum absolute atomic E-state index is 0.311. The lowest BCUT2D eigenvalue weighted by atomic mass is 9.91. The van der Waals surface area contributed by atoms with Crippen LogP contribution in [-0.4, -0.2) is 56.4 Å². The number of esters is 1. The minimum Gasteiger partial charge on any atom is -0.481 e. The number of aliphatic imine (C=N–C) groups is 1. The third kappa shape index (κ3) is 6.80. The average Bonchev–Trinajstić information content (AvgIpc) is 3.50. The van der Waals surface area contributed by atoms with Gasteiger partial charge in [0, 0.05) is 24.1 Å². The summed E-state index contributed by atoms with van der Waals surface area (Å²) in [6.45, 7) is 7.41. The maximum Gasteiger partial charge on any atom is 0.329 e. The molecule has 3 rings (SSSR count). The number of ether oxygens (including phenoxy) is 1. The Hall–Kier alpha value is -3.02. The molecule has 0 bridgehead atoms. The van der Waals surface area contributed by atoms with Gasteiger partial charge in [-0.1, -0.05) is 56.8 Å². The zero-order chi connectivity index (χ0) is 26.3. The van der Waals surface area contributed by atoms with E-state index in [1.165, 1.54) is 29.2 Å². The van der Waals surface area contributed by atoms with Crippen LogP contribution in [0.1, 0.15) is 36.5 Å². The molecule has 11 heteroatoms. The number of aromatic nitrogens is 1. The van der Waals surface area contributed by atoms with Gasteiger partial charge in [0.15, 0.2) is 5.54 Å². The van der Waals surface area contributed by atoms with Crippen LogP contribution in [0.5, 0.6) is 0 Å². The Labute approximate surface area is 218 Å². The molecule has 0 fully saturated rings. The van der Waals surface area contributed by atoms with E-state index in [1.54, 1.807) is 13.8 Å². The molecule has 3 atom stereocenters. The third-order valence-electron chi connectivity index (χ3n) is 5.58. The van der Waals surface area contributed by atoms with Crippen LogP contribution in [0, 0.1) is 5.92 Å². The summed E-state index contributed by atoms with van der Waals surface area (Å²) in [5.41, 5.74) is 6.14. The number of carboxylic acid groups (broad SMARTS) is 1. The zero-order valence-corrected chi connectivity index (χ0v) is 21.8. The van der Waals surface area contributed by atoms with E-state index in [4.69, 9.17) is 20.6 Å². The largest absolute Gasteiger partial charge is 0.481 e. The van der Waals surface area contributed by atoms with Crippen LogP contribution in [0.3, 0.4) is 0 Å². The van der Waals surface area contributed by atoms with Gasteiger partial charge >= 0.3 is 11.9 Å². The van der Waals surface area contributed by atoms with Gasteiger partial charge in [-0.25, -0.2) is 9.78 Å². The second kappa shape index (κ2) is 12.3. The molecule has 1 aromatic heterocycles.